The Balaban J connectivity index is 1.96. The SMILES string of the molecule is CCCC#Cc1ccc(C2=NOC3CCCC23)cc1C(F)(F)F. The first-order chi connectivity index (χ1) is 11.0. The Kier molecular flexibility index (Phi) is 4.34. The van der Waals surface area contributed by atoms with Crippen molar-refractivity contribution in [1.29, 1.82) is 0 Å². The molecule has 0 radical (unpaired) electrons. The second kappa shape index (κ2) is 6.27. The van der Waals surface area contributed by atoms with Gasteiger partial charge in [0.1, 0.15) is 6.10 Å². The molecular weight excluding hydrogens is 303 g/mol. The molecule has 122 valence electrons. The second-order valence-corrected chi connectivity index (χ2v) is 5.97. The molecule has 0 bridgehead atoms. The summed E-state index contributed by atoms with van der Waals surface area (Å²) in [5, 5.41) is 4.03. The molecule has 1 aromatic rings. The maximum Gasteiger partial charge on any atom is 0.417 e. The van der Waals surface area contributed by atoms with Gasteiger partial charge in [0, 0.05) is 23.5 Å². The number of halogens is 3. The van der Waals surface area contributed by atoms with Crippen molar-refractivity contribution in [2.24, 2.45) is 11.1 Å². The van der Waals surface area contributed by atoms with E-state index in [2.05, 4.69) is 17.0 Å². The fourth-order valence-electron chi connectivity index (χ4n) is 3.15. The van der Waals surface area contributed by atoms with Gasteiger partial charge in [-0.25, -0.2) is 0 Å². The van der Waals surface area contributed by atoms with Crippen LogP contribution in [0.15, 0.2) is 23.4 Å². The van der Waals surface area contributed by atoms with Gasteiger partial charge in [-0.05, 0) is 37.8 Å². The third kappa shape index (κ3) is 3.21. The summed E-state index contributed by atoms with van der Waals surface area (Å²) in [6.45, 7) is 1.94. The fraction of sp³-hybridized carbons (Fsp3) is 0.500. The minimum absolute atomic E-state index is 0.0252. The van der Waals surface area contributed by atoms with Crippen molar-refractivity contribution >= 4 is 5.71 Å². The van der Waals surface area contributed by atoms with Crippen LogP contribution in [0.5, 0.6) is 0 Å². The molecule has 1 heterocycles. The van der Waals surface area contributed by atoms with Gasteiger partial charge in [-0.2, -0.15) is 13.2 Å². The average molecular weight is 321 g/mol. The highest BCUT2D eigenvalue weighted by atomic mass is 19.4. The number of benzene rings is 1. The topological polar surface area (TPSA) is 21.6 Å². The van der Waals surface area contributed by atoms with Crippen molar-refractivity contribution in [3.05, 3.63) is 34.9 Å². The van der Waals surface area contributed by atoms with Crippen LogP contribution in [0.4, 0.5) is 13.2 Å². The molecule has 2 atom stereocenters. The first-order valence-electron chi connectivity index (χ1n) is 7.95. The summed E-state index contributed by atoms with van der Waals surface area (Å²) >= 11 is 0. The van der Waals surface area contributed by atoms with E-state index in [0.29, 0.717) is 17.7 Å². The number of alkyl halides is 3. The Morgan fingerprint density at radius 3 is 2.87 bits per heavy atom. The number of unbranched alkanes of at least 4 members (excludes halogenated alkanes) is 1. The lowest BCUT2D eigenvalue weighted by Gasteiger charge is -2.13. The smallest absolute Gasteiger partial charge is 0.392 e. The van der Waals surface area contributed by atoms with Crippen molar-refractivity contribution in [2.75, 3.05) is 0 Å². The number of hydrogen-bond donors (Lipinski definition) is 0. The van der Waals surface area contributed by atoms with Crippen molar-refractivity contribution < 1.29 is 18.0 Å². The van der Waals surface area contributed by atoms with E-state index in [1.54, 1.807) is 6.07 Å². The maximum absolute atomic E-state index is 13.4. The molecule has 3 rings (SSSR count). The highest BCUT2D eigenvalue weighted by molar-refractivity contribution is 6.03. The molecule has 5 heteroatoms. The molecule has 23 heavy (non-hydrogen) atoms. The summed E-state index contributed by atoms with van der Waals surface area (Å²) in [4.78, 5) is 5.36. The summed E-state index contributed by atoms with van der Waals surface area (Å²) in [6.07, 6.45) is -0.119. The van der Waals surface area contributed by atoms with Gasteiger partial charge in [0.15, 0.2) is 0 Å². The average Bonchev–Trinajstić information content (AvgIpc) is 3.10. The fourth-order valence-corrected chi connectivity index (χ4v) is 3.15. The van der Waals surface area contributed by atoms with E-state index in [1.807, 2.05) is 6.92 Å². The number of hydrogen-bond acceptors (Lipinski definition) is 2. The molecule has 1 aromatic carbocycles. The number of rotatable bonds is 2. The summed E-state index contributed by atoms with van der Waals surface area (Å²) in [6, 6.07) is 4.29. The van der Waals surface area contributed by atoms with Gasteiger partial charge in [0.25, 0.3) is 0 Å². The molecule has 1 fully saturated rings. The highest BCUT2D eigenvalue weighted by Gasteiger charge is 2.40. The number of fused-ring (bicyclic) bond motifs is 1. The van der Waals surface area contributed by atoms with E-state index >= 15 is 0 Å². The maximum atomic E-state index is 13.4. The van der Waals surface area contributed by atoms with E-state index in [-0.39, 0.29) is 17.6 Å². The van der Waals surface area contributed by atoms with Crippen molar-refractivity contribution in [2.45, 2.75) is 51.3 Å². The van der Waals surface area contributed by atoms with Crippen LogP contribution in [0.3, 0.4) is 0 Å². The largest absolute Gasteiger partial charge is 0.417 e. The minimum atomic E-state index is -4.43. The summed E-state index contributed by atoms with van der Waals surface area (Å²) in [7, 11) is 0. The summed E-state index contributed by atoms with van der Waals surface area (Å²) in [5.74, 6) is 5.55. The standard InChI is InChI=1S/C18H18F3NO/c1-2-3-4-6-12-9-10-13(11-15(12)18(19,20)21)17-14-7-5-8-16(14)23-22-17/h9-11,14,16H,2-3,5,7-8H2,1H3. The number of oxime groups is 1. The van der Waals surface area contributed by atoms with E-state index in [4.69, 9.17) is 4.84 Å². The molecule has 1 saturated carbocycles. The van der Waals surface area contributed by atoms with Crippen LogP contribution in [-0.2, 0) is 11.0 Å². The third-order valence-corrected chi connectivity index (χ3v) is 4.31. The molecule has 2 aliphatic rings. The van der Waals surface area contributed by atoms with Crippen LogP contribution in [-0.4, -0.2) is 11.8 Å². The van der Waals surface area contributed by atoms with E-state index in [9.17, 15) is 13.2 Å². The van der Waals surface area contributed by atoms with Crippen LogP contribution in [0.1, 0.15) is 55.7 Å². The highest BCUT2D eigenvalue weighted by Crippen LogP contribution is 2.38. The predicted molar refractivity (Wildman–Crippen MR) is 82.0 cm³/mol. The first kappa shape index (κ1) is 15.9. The van der Waals surface area contributed by atoms with Crippen LogP contribution in [0.2, 0.25) is 0 Å². The lowest BCUT2D eigenvalue weighted by Crippen LogP contribution is -2.18. The van der Waals surface area contributed by atoms with E-state index in [0.717, 1.165) is 25.7 Å². The monoisotopic (exact) mass is 321 g/mol. The Morgan fingerprint density at radius 2 is 2.13 bits per heavy atom. The Morgan fingerprint density at radius 1 is 1.30 bits per heavy atom. The van der Waals surface area contributed by atoms with Crippen LogP contribution >= 0.6 is 0 Å². The van der Waals surface area contributed by atoms with E-state index in [1.165, 1.54) is 12.1 Å². The lowest BCUT2D eigenvalue weighted by molar-refractivity contribution is -0.137. The van der Waals surface area contributed by atoms with Gasteiger partial charge in [0.2, 0.25) is 0 Å². The molecule has 0 spiro atoms. The van der Waals surface area contributed by atoms with Crippen LogP contribution in [0, 0.1) is 17.8 Å². The predicted octanol–water partition coefficient (Wildman–Crippen LogP) is 4.76. The zero-order chi connectivity index (χ0) is 16.4. The molecule has 1 aliphatic heterocycles. The van der Waals surface area contributed by atoms with E-state index < -0.39 is 11.7 Å². The van der Waals surface area contributed by atoms with Gasteiger partial charge in [-0.3, -0.25) is 0 Å². The van der Waals surface area contributed by atoms with Gasteiger partial charge in [-0.15, -0.1) is 0 Å². The minimum Gasteiger partial charge on any atom is -0.392 e. The molecule has 0 N–H and O–H groups in total. The normalized spacial score (nSPS) is 22.9. The van der Waals surface area contributed by atoms with Crippen LogP contribution in [0.25, 0.3) is 0 Å². The van der Waals surface area contributed by atoms with Crippen molar-refractivity contribution in [3.8, 4) is 11.8 Å². The summed E-state index contributed by atoms with van der Waals surface area (Å²) in [5.41, 5.74) is 0.471. The van der Waals surface area contributed by atoms with Gasteiger partial charge >= 0.3 is 6.18 Å². The molecule has 0 aromatic heterocycles. The first-order valence-corrected chi connectivity index (χ1v) is 7.95. The molecule has 0 saturated heterocycles. The van der Waals surface area contributed by atoms with Crippen molar-refractivity contribution in [3.63, 3.8) is 0 Å². The zero-order valence-electron chi connectivity index (χ0n) is 12.9. The summed E-state index contributed by atoms with van der Waals surface area (Å²) < 4.78 is 40.1. The Bertz CT molecular complexity index is 682. The molecule has 2 nitrogen and oxygen atoms in total. The number of nitrogens with zero attached hydrogens (tertiary/aromatic N) is 1. The Labute approximate surface area is 133 Å². The molecular formula is C18H18F3NO. The quantitative estimate of drug-likeness (QED) is 0.720. The second-order valence-electron chi connectivity index (χ2n) is 5.97. The van der Waals surface area contributed by atoms with Crippen LogP contribution < -0.4 is 0 Å². The Hall–Kier alpha value is -1.96. The molecule has 0 amide bonds. The molecule has 1 aliphatic carbocycles. The lowest BCUT2D eigenvalue weighted by atomic mass is 9.92. The zero-order valence-corrected chi connectivity index (χ0v) is 12.9. The van der Waals surface area contributed by atoms with Crippen molar-refractivity contribution in [1.82, 2.24) is 0 Å². The van der Waals surface area contributed by atoms with Gasteiger partial charge < -0.3 is 4.84 Å². The van der Waals surface area contributed by atoms with Gasteiger partial charge in [-0.1, -0.05) is 30.0 Å². The third-order valence-electron chi connectivity index (χ3n) is 4.31. The molecule has 2 unspecified atom stereocenters. The van der Waals surface area contributed by atoms with Gasteiger partial charge in [0.05, 0.1) is 11.3 Å².